The molecule has 2 aromatic carbocycles. The topological polar surface area (TPSA) is 97.4 Å². The zero-order chi connectivity index (χ0) is 22.4. The standard InChI is InChI=1S/C22H26FN5O3/c1-22(2,31-4)9-10-24-21(29)28-15-7-5-14(6-8-15)27-20-19-17(23)11-16(30-3)12-18(19)25-13-26-20/h5-8,11-13H,9-10H2,1-4H3,(H2,24,28,29)(H,25,26,27). The van der Waals surface area contributed by atoms with Crippen molar-refractivity contribution in [3.05, 3.63) is 48.5 Å². The Bertz CT molecular complexity index is 1060. The third-order valence-electron chi connectivity index (χ3n) is 4.87. The van der Waals surface area contributed by atoms with Crippen LogP contribution in [0.25, 0.3) is 10.9 Å². The van der Waals surface area contributed by atoms with E-state index in [0.29, 0.717) is 41.4 Å². The first-order valence-corrected chi connectivity index (χ1v) is 9.76. The SMILES string of the molecule is COc1cc(F)c2c(Nc3ccc(NC(=O)NCCC(C)(C)OC)cc3)ncnc2c1. The average molecular weight is 427 g/mol. The van der Waals surface area contributed by atoms with Crippen LogP contribution in [-0.2, 0) is 4.74 Å². The maximum Gasteiger partial charge on any atom is 0.319 e. The summed E-state index contributed by atoms with van der Waals surface area (Å²) < 4.78 is 25.0. The lowest BCUT2D eigenvalue weighted by Gasteiger charge is -2.22. The van der Waals surface area contributed by atoms with E-state index in [2.05, 4.69) is 25.9 Å². The summed E-state index contributed by atoms with van der Waals surface area (Å²) >= 11 is 0. The number of hydrogen-bond acceptors (Lipinski definition) is 6. The highest BCUT2D eigenvalue weighted by molar-refractivity contribution is 5.92. The molecule has 164 valence electrons. The van der Waals surface area contributed by atoms with E-state index in [0.717, 1.165) is 0 Å². The second-order valence-electron chi connectivity index (χ2n) is 7.52. The maximum absolute atomic E-state index is 14.5. The number of hydrogen-bond donors (Lipinski definition) is 3. The number of rotatable bonds is 8. The summed E-state index contributed by atoms with van der Waals surface area (Å²) in [6, 6.07) is 9.64. The molecule has 31 heavy (non-hydrogen) atoms. The number of aromatic nitrogens is 2. The van der Waals surface area contributed by atoms with Gasteiger partial charge >= 0.3 is 6.03 Å². The van der Waals surface area contributed by atoms with Crippen LogP contribution in [0.5, 0.6) is 5.75 Å². The highest BCUT2D eigenvalue weighted by Gasteiger charge is 2.16. The Labute approximate surface area is 180 Å². The van der Waals surface area contributed by atoms with Crippen molar-refractivity contribution < 1.29 is 18.7 Å². The minimum absolute atomic E-state index is 0.267. The lowest BCUT2D eigenvalue weighted by molar-refractivity contribution is 0.0165. The van der Waals surface area contributed by atoms with Crippen LogP contribution in [0.1, 0.15) is 20.3 Å². The number of carbonyl (C=O) groups excluding carboxylic acids is 1. The molecule has 0 saturated heterocycles. The molecule has 3 N–H and O–H groups in total. The Kier molecular flexibility index (Phi) is 6.86. The summed E-state index contributed by atoms with van der Waals surface area (Å²) in [6.45, 7) is 4.41. The van der Waals surface area contributed by atoms with Gasteiger partial charge in [-0.15, -0.1) is 0 Å². The number of halogens is 1. The number of carbonyl (C=O) groups is 1. The smallest absolute Gasteiger partial charge is 0.319 e. The van der Waals surface area contributed by atoms with Gasteiger partial charge in [0.15, 0.2) is 0 Å². The van der Waals surface area contributed by atoms with Crippen LogP contribution in [0.4, 0.5) is 26.4 Å². The Hall–Kier alpha value is -3.46. The fraction of sp³-hybridized carbons (Fsp3) is 0.318. The maximum atomic E-state index is 14.5. The Morgan fingerprint density at radius 1 is 1.10 bits per heavy atom. The van der Waals surface area contributed by atoms with E-state index in [1.807, 2.05) is 13.8 Å². The van der Waals surface area contributed by atoms with Crippen LogP contribution in [0, 0.1) is 5.82 Å². The van der Waals surface area contributed by atoms with Crippen molar-refractivity contribution in [2.75, 3.05) is 31.4 Å². The summed E-state index contributed by atoms with van der Waals surface area (Å²) in [5.41, 5.74) is 1.44. The van der Waals surface area contributed by atoms with Gasteiger partial charge < -0.3 is 25.4 Å². The molecule has 1 heterocycles. The molecule has 0 saturated carbocycles. The monoisotopic (exact) mass is 427 g/mol. The fourth-order valence-corrected chi connectivity index (χ4v) is 2.86. The number of amides is 2. The van der Waals surface area contributed by atoms with Gasteiger partial charge in [0.1, 0.15) is 23.7 Å². The van der Waals surface area contributed by atoms with Gasteiger partial charge in [-0.25, -0.2) is 19.2 Å². The first-order valence-electron chi connectivity index (χ1n) is 9.76. The quantitative estimate of drug-likeness (QED) is 0.491. The van der Waals surface area contributed by atoms with Crippen LogP contribution in [0.15, 0.2) is 42.7 Å². The molecular weight excluding hydrogens is 401 g/mol. The summed E-state index contributed by atoms with van der Waals surface area (Å²) in [7, 11) is 3.11. The largest absolute Gasteiger partial charge is 0.497 e. The molecule has 8 nitrogen and oxygen atoms in total. The highest BCUT2D eigenvalue weighted by atomic mass is 19.1. The molecule has 0 bridgehead atoms. The van der Waals surface area contributed by atoms with Crippen molar-refractivity contribution in [1.82, 2.24) is 15.3 Å². The number of benzene rings is 2. The first-order chi connectivity index (χ1) is 14.8. The van der Waals surface area contributed by atoms with Gasteiger partial charge in [-0.1, -0.05) is 0 Å². The molecule has 0 unspecified atom stereocenters. The second kappa shape index (κ2) is 9.57. The minimum atomic E-state index is -0.482. The molecular formula is C22H26FN5O3. The molecule has 0 atom stereocenters. The molecule has 0 aliphatic rings. The Morgan fingerprint density at radius 3 is 2.48 bits per heavy atom. The first kappa shape index (κ1) is 22.2. The van der Waals surface area contributed by atoms with Crippen LogP contribution >= 0.6 is 0 Å². The van der Waals surface area contributed by atoms with Crippen molar-refractivity contribution >= 4 is 34.1 Å². The van der Waals surface area contributed by atoms with Crippen molar-refractivity contribution in [1.29, 1.82) is 0 Å². The normalized spacial score (nSPS) is 11.3. The van der Waals surface area contributed by atoms with Crippen molar-refractivity contribution in [3.63, 3.8) is 0 Å². The molecule has 9 heteroatoms. The second-order valence-corrected chi connectivity index (χ2v) is 7.52. The lowest BCUT2D eigenvalue weighted by atomic mass is 10.1. The third kappa shape index (κ3) is 5.79. The van der Waals surface area contributed by atoms with Gasteiger partial charge in [-0.05, 0) is 44.5 Å². The average Bonchev–Trinajstić information content (AvgIpc) is 2.74. The fourth-order valence-electron chi connectivity index (χ4n) is 2.86. The van der Waals surface area contributed by atoms with Crippen LogP contribution in [0.3, 0.4) is 0 Å². The number of urea groups is 1. The number of anilines is 3. The number of ether oxygens (including phenoxy) is 2. The number of methoxy groups -OCH3 is 2. The minimum Gasteiger partial charge on any atom is -0.497 e. The molecule has 0 aliphatic carbocycles. The molecule has 3 aromatic rings. The van der Waals surface area contributed by atoms with Gasteiger partial charge in [0, 0.05) is 37.2 Å². The van der Waals surface area contributed by atoms with Gasteiger partial charge in [-0.3, -0.25) is 0 Å². The Morgan fingerprint density at radius 2 is 1.81 bits per heavy atom. The van der Waals surface area contributed by atoms with Crippen LogP contribution in [-0.4, -0.2) is 42.4 Å². The Balaban J connectivity index is 1.64. The van der Waals surface area contributed by atoms with E-state index >= 15 is 0 Å². The van der Waals surface area contributed by atoms with Crippen molar-refractivity contribution in [2.45, 2.75) is 25.9 Å². The summed E-state index contributed by atoms with van der Waals surface area (Å²) in [6.07, 6.45) is 2.05. The van der Waals surface area contributed by atoms with Crippen LogP contribution < -0.4 is 20.7 Å². The molecule has 0 radical (unpaired) electrons. The number of nitrogens with zero attached hydrogens (tertiary/aromatic N) is 2. The van der Waals surface area contributed by atoms with E-state index in [1.165, 1.54) is 19.5 Å². The summed E-state index contributed by atoms with van der Waals surface area (Å²) in [5.74, 6) is 0.238. The van der Waals surface area contributed by atoms with E-state index < -0.39 is 5.82 Å². The van der Waals surface area contributed by atoms with Crippen molar-refractivity contribution in [2.24, 2.45) is 0 Å². The zero-order valence-electron chi connectivity index (χ0n) is 18.0. The molecule has 0 aliphatic heterocycles. The predicted octanol–water partition coefficient (Wildman–Crippen LogP) is 4.46. The van der Waals surface area contributed by atoms with Gasteiger partial charge in [0.2, 0.25) is 0 Å². The summed E-state index contributed by atoms with van der Waals surface area (Å²) in [4.78, 5) is 20.3. The van der Waals surface area contributed by atoms with E-state index in [-0.39, 0.29) is 17.0 Å². The molecule has 3 rings (SSSR count). The van der Waals surface area contributed by atoms with E-state index in [9.17, 15) is 9.18 Å². The van der Waals surface area contributed by atoms with Crippen molar-refractivity contribution in [3.8, 4) is 5.75 Å². The number of fused-ring (bicyclic) bond motifs is 1. The third-order valence-corrected chi connectivity index (χ3v) is 4.87. The highest BCUT2D eigenvalue weighted by Crippen LogP contribution is 2.29. The number of nitrogens with one attached hydrogen (secondary N) is 3. The molecule has 2 amide bonds. The predicted molar refractivity (Wildman–Crippen MR) is 118 cm³/mol. The lowest BCUT2D eigenvalue weighted by Crippen LogP contribution is -2.34. The van der Waals surface area contributed by atoms with E-state index in [4.69, 9.17) is 9.47 Å². The van der Waals surface area contributed by atoms with Gasteiger partial charge in [-0.2, -0.15) is 0 Å². The van der Waals surface area contributed by atoms with Crippen LogP contribution in [0.2, 0.25) is 0 Å². The van der Waals surface area contributed by atoms with Gasteiger partial charge in [0.05, 0.1) is 23.6 Å². The van der Waals surface area contributed by atoms with Gasteiger partial charge in [0.25, 0.3) is 0 Å². The zero-order valence-corrected chi connectivity index (χ0v) is 18.0. The summed E-state index contributed by atoms with van der Waals surface area (Å²) in [5, 5.41) is 8.92. The molecule has 0 spiro atoms. The van der Waals surface area contributed by atoms with E-state index in [1.54, 1.807) is 37.4 Å². The molecule has 1 aromatic heterocycles. The molecule has 0 fully saturated rings.